The Morgan fingerprint density at radius 2 is 2.26 bits per heavy atom. The van der Waals surface area contributed by atoms with Gasteiger partial charge in [-0.3, -0.25) is 4.79 Å². The van der Waals surface area contributed by atoms with Gasteiger partial charge in [-0.15, -0.1) is 0 Å². The van der Waals surface area contributed by atoms with E-state index in [9.17, 15) is 9.90 Å². The number of carboxylic acids is 1. The molecule has 1 unspecified atom stereocenters. The molecule has 2 aromatic rings. The number of nitrogens with zero attached hydrogens (tertiary/aromatic N) is 4. The summed E-state index contributed by atoms with van der Waals surface area (Å²) in [6.07, 6.45) is 2.28. The van der Waals surface area contributed by atoms with E-state index in [1.54, 1.807) is 13.1 Å². The Morgan fingerprint density at radius 3 is 2.87 bits per heavy atom. The van der Waals surface area contributed by atoms with Crippen molar-refractivity contribution in [3.63, 3.8) is 0 Å². The second-order valence-corrected chi connectivity index (χ2v) is 6.55. The zero-order chi connectivity index (χ0) is 16.6. The molecule has 1 saturated heterocycles. The first-order chi connectivity index (χ1) is 10.9. The lowest BCUT2D eigenvalue weighted by Gasteiger charge is -2.21. The van der Waals surface area contributed by atoms with Gasteiger partial charge in [0.25, 0.3) is 5.89 Å². The van der Waals surface area contributed by atoms with Crippen molar-refractivity contribution in [1.29, 1.82) is 0 Å². The molecule has 1 atom stereocenters. The van der Waals surface area contributed by atoms with Crippen molar-refractivity contribution in [3.05, 3.63) is 24.2 Å². The lowest BCUT2D eigenvalue weighted by molar-refractivity contribution is -0.146. The molecule has 122 valence electrons. The van der Waals surface area contributed by atoms with Gasteiger partial charge in [0.15, 0.2) is 5.82 Å². The molecule has 2 aromatic heterocycles. The summed E-state index contributed by atoms with van der Waals surface area (Å²) in [7, 11) is 0. The first-order valence-corrected chi connectivity index (χ1v) is 7.67. The van der Waals surface area contributed by atoms with E-state index in [2.05, 4.69) is 15.1 Å². The number of pyridine rings is 1. The molecule has 1 aliphatic rings. The molecule has 0 aromatic carbocycles. The molecular formula is C16H20N4O3. The molecule has 0 saturated carbocycles. The molecule has 0 radical (unpaired) electrons. The third kappa shape index (κ3) is 2.91. The fraction of sp³-hybridized carbons (Fsp3) is 0.500. The minimum atomic E-state index is -0.769. The van der Waals surface area contributed by atoms with E-state index in [0.717, 1.165) is 11.4 Å². The number of hydrogen-bond donors (Lipinski definition) is 1. The lowest BCUT2D eigenvalue weighted by atomic mass is 9.90. The van der Waals surface area contributed by atoms with E-state index in [1.807, 2.05) is 30.9 Å². The SMILES string of the molecule is CC(C)c1noc(-c2ccnc(N3CCC(C)(C(=O)O)C3)c2)n1. The van der Waals surface area contributed by atoms with Crippen molar-refractivity contribution >= 4 is 11.8 Å². The predicted molar refractivity (Wildman–Crippen MR) is 84.2 cm³/mol. The van der Waals surface area contributed by atoms with Gasteiger partial charge in [-0.2, -0.15) is 4.98 Å². The van der Waals surface area contributed by atoms with Crippen molar-refractivity contribution in [1.82, 2.24) is 15.1 Å². The molecule has 0 bridgehead atoms. The Balaban J connectivity index is 1.84. The van der Waals surface area contributed by atoms with E-state index >= 15 is 0 Å². The number of anilines is 1. The van der Waals surface area contributed by atoms with E-state index in [-0.39, 0.29) is 5.92 Å². The molecule has 7 nitrogen and oxygen atoms in total. The fourth-order valence-electron chi connectivity index (χ4n) is 2.64. The van der Waals surface area contributed by atoms with Crippen LogP contribution in [0.2, 0.25) is 0 Å². The van der Waals surface area contributed by atoms with Crippen molar-refractivity contribution in [2.45, 2.75) is 33.1 Å². The van der Waals surface area contributed by atoms with Gasteiger partial charge in [0.1, 0.15) is 5.82 Å². The van der Waals surface area contributed by atoms with Crippen LogP contribution in [-0.4, -0.2) is 39.3 Å². The molecule has 23 heavy (non-hydrogen) atoms. The smallest absolute Gasteiger partial charge is 0.311 e. The average molecular weight is 316 g/mol. The van der Waals surface area contributed by atoms with E-state index in [1.165, 1.54) is 0 Å². The number of aromatic nitrogens is 3. The Labute approximate surface area is 134 Å². The van der Waals surface area contributed by atoms with Crippen LogP contribution in [0.4, 0.5) is 5.82 Å². The number of aliphatic carboxylic acids is 1. The van der Waals surface area contributed by atoms with Crippen molar-refractivity contribution in [2.75, 3.05) is 18.0 Å². The molecule has 3 rings (SSSR count). The van der Waals surface area contributed by atoms with Crippen LogP contribution in [0.5, 0.6) is 0 Å². The average Bonchev–Trinajstić information content (AvgIpc) is 3.15. The van der Waals surface area contributed by atoms with Gasteiger partial charge in [-0.1, -0.05) is 19.0 Å². The standard InChI is InChI=1S/C16H20N4O3/c1-10(2)13-18-14(23-19-13)11-4-6-17-12(8-11)20-7-5-16(3,9-20)15(21)22/h4,6,8,10H,5,7,9H2,1-3H3,(H,21,22). The van der Waals surface area contributed by atoms with Gasteiger partial charge in [0.05, 0.1) is 5.41 Å². The summed E-state index contributed by atoms with van der Waals surface area (Å²) >= 11 is 0. The van der Waals surface area contributed by atoms with E-state index in [0.29, 0.717) is 31.2 Å². The number of rotatable bonds is 4. The summed E-state index contributed by atoms with van der Waals surface area (Å²) in [5.41, 5.74) is 0.0609. The lowest BCUT2D eigenvalue weighted by Crippen LogP contribution is -2.31. The van der Waals surface area contributed by atoms with Gasteiger partial charge < -0.3 is 14.5 Å². The first-order valence-electron chi connectivity index (χ1n) is 7.67. The summed E-state index contributed by atoms with van der Waals surface area (Å²) in [5, 5.41) is 13.3. The van der Waals surface area contributed by atoms with Gasteiger partial charge in [-0.05, 0) is 25.5 Å². The Bertz CT molecular complexity index is 728. The van der Waals surface area contributed by atoms with Gasteiger partial charge in [-0.25, -0.2) is 4.98 Å². The van der Waals surface area contributed by atoms with Gasteiger partial charge in [0, 0.05) is 30.8 Å². The zero-order valence-electron chi connectivity index (χ0n) is 13.5. The maximum Gasteiger partial charge on any atom is 0.311 e. The zero-order valence-corrected chi connectivity index (χ0v) is 13.5. The first kappa shape index (κ1) is 15.5. The number of carboxylic acid groups (broad SMARTS) is 1. The summed E-state index contributed by atoms with van der Waals surface area (Å²) in [5.74, 6) is 1.28. The van der Waals surface area contributed by atoms with Gasteiger partial charge in [0.2, 0.25) is 0 Å². The van der Waals surface area contributed by atoms with Crippen LogP contribution in [0.25, 0.3) is 11.5 Å². The van der Waals surface area contributed by atoms with Crippen LogP contribution >= 0.6 is 0 Å². The van der Waals surface area contributed by atoms with Gasteiger partial charge >= 0.3 is 5.97 Å². The quantitative estimate of drug-likeness (QED) is 0.926. The van der Waals surface area contributed by atoms with E-state index < -0.39 is 11.4 Å². The summed E-state index contributed by atoms with van der Waals surface area (Å²) in [6.45, 7) is 6.89. The third-order valence-corrected chi connectivity index (χ3v) is 4.26. The minimum absolute atomic E-state index is 0.198. The molecule has 1 N–H and O–H groups in total. The largest absolute Gasteiger partial charge is 0.481 e. The van der Waals surface area contributed by atoms with Crippen LogP contribution < -0.4 is 4.90 Å². The minimum Gasteiger partial charge on any atom is -0.481 e. The van der Waals surface area contributed by atoms with E-state index in [4.69, 9.17) is 4.52 Å². The highest BCUT2D eigenvalue weighted by Gasteiger charge is 2.40. The Morgan fingerprint density at radius 1 is 1.48 bits per heavy atom. The molecule has 0 spiro atoms. The normalized spacial score (nSPS) is 21.1. The molecule has 1 fully saturated rings. The van der Waals surface area contributed by atoms with Crippen LogP contribution in [0.15, 0.2) is 22.9 Å². The number of carbonyl (C=O) groups is 1. The van der Waals surface area contributed by atoms with Crippen molar-refractivity contribution < 1.29 is 14.4 Å². The summed E-state index contributed by atoms with van der Waals surface area (Å²) < 4.78 is 5.31. The third-order valence-electron chi connectivity index (χ3n) is 4.26. The second kappa shape index (κ2) is 5.64. The van der Waals surface area contributed by atoms with Crippen molar-refractivity contribution in [3.8, 4) is 11.5 Å². The van der Waals surface area contributed by atoms with Crippen LogP contribution in [0, 0.1) is 5.41 Å². The topological polar surface area (TPSA) is 92.4 Å². The summed E-state index contributed by atoms with van der Waals surface area (Å²) in [6, 6.07) is 3.68. The molecule has 0 amide bonds. The predicted octanol–water partition coefficient (Wildman–Crippen LogP) is 2.56. The monoisotopic (exact) mass is 316 g/mol. The maximum atomic E-state index is 11.4. The van der Waals surface area contributed by atoms with Crippen LogP contribution in [0.1, 0.15) is 38.9 Å². The van der Waals surface area contributed by atoms with Crippen LogP contribution in [-0.2, 0) is 4.79 Å². The molecule has 7 heteroatoms. The van der Waals surface area contributed by atoms with Crippen molar-refractivity contribution in [2.24, 2.45) is 5.41 Å². The molecule has 1 aliphatic heterocycles. The van der Waals surface area contributed by atoms with Crippen LogP contribution in [0.3, 0.4) is 0 Å². The maximum absolute atomic E-state index is 11.4. The summed E-state index contributed by atoms with van der Waals surface area (Å²) in [4.78, 5) is 22.1. The Kier molecular flexibility index (Phi) is 3.79. The highest BCUT2D eigenvalue weighted by Crippen LogP contribution is 2.33. The highest BCUT2D eigenvalue weighted by atomic mass is 16.5. The molecule has 0 aliphatic carbocycles. The fourth-order valence-corrected chi connectivity index (χ4v) is 2.64. The second-order valence-electron chi connectivity index (χ2n) is 6.55. The Hall–Kier alpha value is -2.44. The molecule has 3 heterocycles. The number of hydrogen-bond acceptors (Lipinski definition) is 6. The molecular weight excluding hydrogens is 296 g/mol. The highest BCUT2D eigenvalue weighted by molar-refractivity contribution is 5.76.